The molecule has 4 N–H and O–H groups in total. The summed E-state index contributed by atoms with van der Waals surface area (Å²) in [6.07, 6.45) is 1.08. The van der Waals surface area contributed by atoms with Crippen molar-refractivity contribution in [2.75, 3.05) is 9.62 Å². The number of nitrogens with two attached hydrogens (primary N) is 1. The van der Waals surface area contributed by atoms with E-state index in [-0.39, 0.29) is 40.3 Å². The van der Waals surface area contributed by atoms with Crippen molar-refractivity contribution in [2.24, 2.45) is 12.8 Å². The predicted octanol–water partition coefficient (Wildman–Crippen LogP) is 4.20. The van der Waals surface area contributed by atoms with E-state index in [4.69, 9.17) is 5.73 Å². The second kappa shape index (κ2) is 9.90. The summed E-state index contributed by atoms with van der Waals surface area (Å²) in [5.41, 5.74) is 4.48. The highest BCUT2D eigenvalue weighted by Gasteiger charge is 2.47. The fourth-order valence-corrected chi connectivity index (χ4v) is 5.32. The number of pyridine rings is 1. The predicted molar refractivity (Wildman–Crippen MR) is 143 cm³/mol. The molecule has 36 heavy (non-hydrogen) atoms. The molecule has 8 nitrogen and oxygen atoms in total. The van der Waals surface area contributed by atoms with Crippen LogP contribution in [0.15, 0.2) is 47.3 Å². The fourth-order valence-electron chi connectivity index (χ4n) is 4.00. The third kappa shape index (κ3) is 5.02. The first-order valence-electron chi connectivity index (χ1n) is 10.9. The molecule has 4 rings (SSSR count). The van der Waals surface area contributed by atoms with Crippen molar-refractivity contribution in [3.8, 4) is 0 Å². The van der Waals surface area contributed by atoms with E-state index in [1.807, 2.05) is 22.6 Å². The zero-order valence-corrected chi connectivity index (χ0v) is 22.3. The Morgan fingerprint density at radius 1 is 1.25 bits per heavy atom. The summed E-state index contributed by atoms with van der Waals surface area (Å²) in [4.78, 5) is 25.4. The molecule has 1 fully saturated rings. The number of hydrogen-bond acceptors (Lipinski definition) is 4. The van der Waals surface area contributed by atoms with Crippen LogP contribution >= 0.6 is 22.6 Å². The molecule has 0 radical (unpaired) electrons. The third-order valence-electron chi connectivity index (χ3n) is 6.22. The third-order valence-corrected chi connectivity index (χ3v) is 7.84. The van der Waals surface area contributed by atoms with Crippen molar-refractivity contribution < 1.29 is 22.3 Å². The van der Waals surface area contributed by atoms with Gasteiger partial charge in [0.25, 0.3) is 22.7 Å². The molecule has 190 valence electrons. The minimum atomic E-state index is -2.44. The van der Waals surface area contributed by atoms with Gasteiger partial charge in [-0.1, -0.05) is 12.1 Å². The number of nitrogens with one attached hydrogen (secondary N) is 1. The number of rotatable bonds is 8. The zero-order valence-electron chi connectivity index (χ0n) is 19.3. The molecule has 1 atom stereocenters. The van der Waals surface area contributed by atoms with Gasteiger partial charge in [-0.25, -0.2) is 13.0 Å². The number of nitrogens with zero attached hydrogens (tertiary/aromatic N) is 2. The lowest BCUT2D eigenvalue weighted by molar-refractivity contribution is 0.100. The number of anilines is 3. The summed E-state index contributed by atoms with van der Waals surface area (Å²) in [5.74, 6) is -2.19. The average molecular weight is 628 g/mol. The van der Waals surface area contributed by atoms with Crippen molar-refractivity contribution in [3.05, 3.63) is 84.7 Å². The van der Waals surface area contributed by atoms with Gasteiger partial charge in [-0.05, 0) is 78.3 Å². The van der Waals surface area contributed by atoms with E-state index in [1.165, 1.54) is 43.4 Å². The van der Waals surface area contributed by atoms with Crippen LogP contribution in [0, 0.1) is 15.2 Å². The van der Waals surface area contributed by atoms with Crippen LogP contribution in [0.4, 0.5) is 26.0 Å². The first kappa shape index (κ1) is 26.2. The molecule has 12 heteroatoms. The number of amides is 1. The van der Waals surface area contributed by atoms with Crippen molar-refractivity contribution in [2.45, 2.75) is 31.7 Å². The second-order valence-electron chi connectivity index (χ2n) is 8.86. The molecule has 1 saturated carbocycles. The number of benzene rings is 2. The minimum Gasteiger partial charge on any atom is -0.365 e. The van der Waals surface area contributed by atoms with Crippen LogP contribution in [0.5, 0.6) is 0 Å². The highest BCUT2D eigenvalue weighted by molar-refractivity contribution is 14.1. The quantitative estimate of drug-likeness (QED) is 0.256. The van der Waals surface area contributed by atoms with E-state index in [0.29, 0.717) is 16.4 Å². The van der Waals surface area contributed by atoms with Gasteiger partial charge in [-0.15, -0.1) is 0 Å². The van der Waals surface area contributed by atoms with Gasteiger partial charge in [0.2, 0.25) is 0 Å². The molecular formula is C24H23F2IN4O4S. The first-order valence-corrected chi connectivity index (χ1v) is 13.0. The van der Waals surface area contributed by atoms with Crippen LogP contribution in [-0.4, -0.2) is 24.8 Å². The summed E-state index contributed by atoms with van der Waals surface area (Å²) >= 11 is -0.488. The number of carbonyl (C=O) groups is 1. The second-order valence-corrected chi connectivity index (χ2v) is 10.9. The lowest BCUT2D eigenvalue weighted by Crippen LogP contribution is -2.37. The molecule has 0 aliphatic heterocycles. The van der Waals surface area contributed by atoms with E-state index in [1.54, 1.807) is 13.0 Å². The maximum Gasteiger partial charge on any atom is 0.262 e. The maximum absolute atomic E-state index is 15.5. The monoisotopic (exact) mass is 628 g/mol. The Hall–Kier alpha value is -2.84. The Kier molecular flexibility index (Phi) is 7.21. The molecule has 2 aromatic carbocycles. The highest BCUT2D eigenvalue weighted by atomic mass is 127. The Labute approximate surface area is 222 Å². The molecule has 1 heterocycles. The van der Waals surface area contributed by atoms with Gasteiger partial charge in [0.15, 0.2) is 5.82 Å². The van der Waals surface area contributed by atoms with Crippen molar-refractivity contribution in [1.82, 2.24) is 4.57 Å². The Bertz CT molecular complexity index is 1460. The first-order chi connectivity index (χ1) is 16.9. The van der Waals surface area contributed by atoms with Gasteiger partial charge in [0.1, 0.15) is 11.6 Å². The molecule has 0 spiro atoms. The number of primary amides is 1. The van der Waals surface area contributed by atoms with Crippen LogP contribution in [0.2, 0.25) is 0 Å². The summed E-state index contributed by atoms with van der Waals surface area (Å²) in [5, 5.41) is 2.76. The van der Waals surface area contributed by atoms with E-state index in [2.05, 4.69) is 5.32 Å². The van der Waals surface area contributed by atoms with Crippen molar-refractivity contribution >= 4 is 57.0 Å². The molecule has 0 bridgehead atoms. The molecule has 1 aromatic heterocycles. The van der Waals surface area contributed by atoms with Crippen molar-refractivity contribution in [3.63, 3.8) is 0 Å². The minimum absolute atomic E-state index is 0.00547. The number of hydrogen-bond donors (Lipinski definition) is 3. The van der Waals surface area contributed by atoms with Crippen molar-refractivity contribution in [1.29, 1.82) is 0 Å². The topological polar surface area (TPSA) is 118 Å². The van der Waals surface area contributed by atoms with Crippen LogP contribution in [0.1, 0.15) is 41.3 Å². The Morgan fingerprint density at radius 3 is 2.53 bits per heavy atom. The van der Waals surface area contributed by atoms with Crippen LogP contribution in [0.3, 0.4) is 0 Å². The summed E-state index contributed by atoms with van der Waals surface area (Å²) in [6.45, 7) is 1.77. The highest BCUT2D eigenvalue weighted by Crippen LogP contribution is 2.45. The number of aromatic nitrogens is 1. The SMILES string of the molecule is Cn1c(Nc2ccc(I)cc2F)c(C(N)=O)cc(Cc2cccc(N(S(=O)O)C3(C)CC3)c2F)c1=O. The zero-order chi connectivity index (χ0) is 26.4. The fraction of sp³-hybridized carbons (Fsp3) is 0.250. The summed E-state index contributed by atoms with van der Waals surface area (Å²) < 4.78 is 54.6. The Balaban J connectivity index is 1.75. The van der Waals surface area contributed by atoms with E-state index < -0.39 is 39.9 Å². The molecule has 1 aliphatic rings. The standard InChI is InChI=1S/C24H23F2IN4O4S/c1-24(8-9-24)31(36(34)35)19-5-3-4-13(20(19)26)10-14-11-16(21(28)32)22(30(2)23(14)33)29-18-7-6-15(27)12-17(18)25/h3-7,11-12,29H,8-10H2,1-2H3,(H2,28,32)(H,34,35). The Morgan fingerprint density at radius 2 is 1.94 bits per heavy atom. The van der Waals surface area contributed by atoms with E-state index in [9.17, 15) is 22.7 Å². The molecule has 1 aliphatic carbocycles. The van der Waals surface area contributed by atoms with E-state index >= 15 is 4.39 Å². The maximum atomic E-state index is 15.5. The van der Waals surface area contributed by atoms with Gasteiger partial charge >= 0.3 is 0 Å². The molecular weight excluding hydrogens is 605 g/mol. The van der Waals surface area contributed by atoms with E-state index in [0.717, 1.165) is 8.87 Å². The molecule has 1 amide bonds. The van der Waals surface area contributed by atoms with Gasteiger partial charge in [-0.3, -0.25) is 23.0 Å². The van der Waals surface area contributed by atoms with Crippen LogP contribution in [0.25, 0.3) is 0 Å². The molecule has 0 saturated heterocycles. The lowest BCUT2D eigenvalue weighted by atomic mass is 10.0. The molecule has 1 unspecified atom stereocenters. The lowest BCUT2D eigenvalue weighted by Gasteiger charge is -2.27. The van der Waals surface area contributed by atoms with Gasteiger partial charge < -0.3 is 11.1 Å². The normalized spacial score (nSPS) is 14.8. The van der Waals surface area contributed by atoms with Gasteiger partial charge in [0, 0.05) is 22.6 Å². The number of carbonyl (C=O) groups excluding carboxylic acids is 1. The largest absolute Gasteiger partial charge is 0.365 e. The van der Waals surface area contributed by atoms with Crippen LogP contribution in [-0.2, 0) is 24.7 Å². The summed E-state index contributed by atoms with van der Waals surface area (Å²) in [7, 11) is 1.39. The molecule has 3 aromatic rings. The number of halogens is 3. The van der Waals surface area contributed by atoms with Crippen LogP contribution < -0.4 is 20.9 Å². The average Bonchev–Trinajstić information content (AvgIpc) is 3.54. The van der Waals surface area contributed by atoms with Gasteiger partial charge in [0.05, 0.1) is 22.5 Å². The smallest absolute Gasteiger partial charge is 0.262 e. The summed E-state index contributed by atoms with van der Waals surface area (Å²) in [6, 6.07) is 10.1. The van der Waals surface area contributed by atoms with Gasteiger partial charge in [-0.2, -0.15) is 0 Å².